The molecule has 0 spiro atoms. The first-order valence-electron chi connectivity index (χ1n) is 9.42. The first-order chi connectivity index (χ1) is 13.7. The van der Waals surface area contributed by atoms with Gasteiger partial charge in [0.2, 0.25) is 0 Å². The third-order valence-corrected chi connectivity index (χ3v) is 5.53. The Kier molecular flexibility index (Phi) is 4.77. The lowest BCUT2D eigenvalue weighted by Crippen LogP contribution is -2.39. The second-order valence-electron chi connectivity index (χ2n) is 8.02. The van der Waals surface area contributed by atoms with Crippen molar-refractivity contribution in [2.45, 2.75) is 46.3 Å². The molecule has 0 unspecified atom stereocenters. The number of imidazole rings is 1. The highest BCUT2D eigenvalue weighted by atomic mass is 32.1. The number of thiazole rings is 1. The Morgan fingerprint density at radius 2 is 2.03 bits per heavy atom. The lowest BCUT2D eigenvalue weighted by atomic mass is 10.2. The molecule has 4 heterocycles. The number of pyridine rings is 1. The van der Waals surface area contributed by atoms with Crippen LogP contribution < -0.4 is 5.32 Å². The van der Waals surface area contributed by atoms with Crippen LogP contribution >= 0.6 is 11.3 Å². The molecule has 0 saturated heterocycles. The molecule has 152 valence electrons. The van der Waals surface area contributed by atoms with E-state index in [4.69, 9.17) is 4.74 Å². The SMILES string of the molecule is Cc1cccc2nc(C(=O)Nc3nc4c(s3)CN(C(=O)OC(C)(C)C)CC4)cn12. The summed E-state index contributed by atoms with van der Waals surface area (Å²) < 4.78 is 7.33. The van der Waals surface area contributed by atoms with Crippen molar-refractivity contribution < 1.29 is 14.3 Å². The van der Waals surface area contributed by atoms with Crippen molar-refractivity contribution in [3.63, 3.8) is 0 Å². The summed E-state index contributed by atoms with van der Waals surface area (Å²) in [5, 5.41) is 3.35. The summed E-state index contributed by atoms with van der Waals surface area (Å²) in [6.45, 7) is 8.49. The number of fused-ring (bicyclic) bond motifs is 2. The van der Waals surface area contributed by atoms with Crippen LogP contribution in [0.5, 0.6) is 0 Å². The van der Waals surface area contributed by atoms with Crippen molar-refractivity contribution >= 4 is 34.1 Å². The van der Waals surface area contributed by atoms with E-state index in [0.29, 0.717) is 30.3 Å². The van der Waals surface area contributed by atoms with Crippen LogP contribution in [0.1, 0.15) is 47.5 Å². The zero-order valence-corrected chi connectivity index (χ0v) is 17.7. The van der Waals surface area contributed by atoms with E-state index in [-0.39, 0.29) is 12.0 Å². The van der Waals surface area contributed by atoms with E-state index in [1.165, 1.54) is 11.3 Å². The fraction of sp³-hybridized carbons (Fsp3) is 0.400. The molecule has 2 amide bonds. The number of anilines is 1. The summed E-state index contributed by atoms with van der Waals surface area (Å²) >= 11 is 1.38. The van der Waals surface area contributed by atoms with Gasteiger partial charge in [-0.1, -0.05) is 17.4 Å². The third kappa shape index (κ3) is 4.09. The van der Waals surface area contributed by atoms with Crippen molar-refractivity contribution in [1.29, 1.82) is 0 Å². The Morgan fingerprint density at radius 3 is 2.76 bits per heavy atom. The maximum atomic E-state index is 12.6. The Balaban J connectivity index is 1.47. The zero-order valence-electron chi connectivity index (χ0n) is 16.9. The summed E-state index contributed by atoms with van der Waals surface area (Å²) in [6.07, 6.45) is 2.02. The average Bonchev–Trinajstić information content (AvgIpc) is 3.23. The molecule has 0 radical (unpaired) electrons. The summed E-state index contributed by atoms with van der Waals surface area (Å²) in [5.74, 6) is -0.303. The molecule has 1 aliphatic rings. The average molecular weight is 414 g/mol. The zero-order chi connectivity index (χ0) is 20.8. The van der Waals surface area contributed by atoms with Crippen LogP contribution in [-0.4, -0.2) is 43.4 Å². The van der Waals surface area contributed by atoms with E-state index in [1.807, 2.05) is 50.3 Å². The topological polar surface area (TPSA) is 88.8 Å². The standard InChI is InChI=1S/C20H23N5O3S/c1-12-6-5-7-16-21-14(10-25(12)16)17(26)23-18-22-13-8-9-24(11-15(13)29-18)19(27)28-20(2,3)4/h5-7,10H,8-9,11H2,1-4H3,(H,22,23,26). The first-order valence-corrected chi connectivity index (χ1v) is 10.2. The Hall–Kier alpha value is -2.94. The van der Waals surface area contributed by atoms with E-state index >= 15 is 0 Å². The van der Waals surface area contributed by atoms with Gasteiger partial charge in [0.05, 0.1) is 12.2 Å². The molecular weight excluding hydrogens is 390 g/mol. The molecule has 0 aliphatic carbocycles. The van der Waals surface area contributed by atoms with Crippen molar-refractivity contribution in [3.05, 3.63) is 46.4 Å². The number of aryl methyl sites for hydroxylation is 1. The molecule has 0 atom stereocenters. The van der Waals surface area contributed by atoms with Gasteiger partial charge in [-0.15, -0.1) is 0 Å². The smallest absolute Gasteiger partial charge is 0.410 e. The monoisotopic (exact) mass is 413 g/mol. The lowest BCUT2D eigenvalue weighted by Gasteiger charge is -2.29. The molecular formula is C20H23N5O3S. The van der Waals surface area contributed by atoms with Gasteiger partial charge in [0.1, 0.15) is 16.9 Å². The minimum atomic E-state index is -0.531. The second kappa shape index (κ2) is 7.14. The molecule has 9 heteroatoms. The minimum Gasteiger partial charge on any atom is -0.444 e. The van der Waals surface area contributed by atoms with Gasteiger partial charge in [0, 0.05) is 29.7 Å². The fourth-order valence-corrected chi connectivity index (χ4v) is 4.17. The van der Waals surface area contributed by atoms with E-state index < -0.39 is 5.60 Å². The Morgan fingerprint density at radius 1 is 1.24 bits per heavy atom. The van der Waals surface area contributed by atoms with E-state index in [0.717, 1.165) is 21.9 Å². The van der Waals surface area contributed by atoms with Gasteiger partial charge < -0.3 is 14.0 Å². The van der Waals surface area contributed by atoms with Crippen LogP contribution in [0.4, 0.5) is 9.93 Å². The first kappa shape index (κ1) is 19.4. The van der Waals surface area contributed by atoms with Gasteiger partial charge in [-0.05, 0) is 39.8 Å². The third-order valence-electron chi connectivity index (χ3n) is 4.53. The molecule has 8 nitrogen and oxygen atoms in total. The molecule has 1 N–H and O–H groups in total. The van der Waals surface area contributed by atoms with Crippen LogP contribution in [0.15, 0.2) is 24.4 Å². The number of hydrogen-bond acceptors (Lipinski definition) is 6. The van der Waals surface area contributed by atoms with Gasteiger partial charge >= 0.3 is 6.09 Å². The number of nitrogens with one attached hydrogen (secondary N) is 1. The number of amides is 2. The van der Waals surface area contributed by atoms with Gasteiger partial charge in [-0.2, -0.15) is 0 Å². The van der Waals surface area contributed by atoms with Gasteiger partial charge in [0.15, 0.2) is 5.13 Å². The summed E-state index contributed by atoms with van der Waals surface area (Å²) in [7, 11) is 0. The Bertz CT molecular complexity index is 1100. The number of ether oxygens (including phenoxy) is 1. The van der Waals surface area contributed by atoms with Gasteiger partial charge in [0.25, 0.3) is 5.91 Å². The molecule has 3 aromatic heterocycles. The number of rotatable bonds is 2. The Labute approximate surface area is 172 Å². The number of carbonyl (C=O) groups is 2. The van der Waals surface area contributed by atoms with Gasteiger partial charge in [-0.3, -0.25) is 10.1 Å². The fourth-order valence-electron chi connectivity index (χ4n) is 3.15. The number of hydrogen-bond donors (Lipinski definition) is 1. The predicted molar refractivity (Wildman–Crippen MR) is 110 cm³/mol. The van der Waals surface area contributed by atoms with Crippen LogP contribution in [0.25, 0.3) is 5.65 Å². The molecule has 3 aromatic rings. The van der Waals surface area contributed by atoms with Crippen LogP contribution in [0, 0.1) is 6.92 Å². The molecule has 29 heavy (non-hydrogen) atoms. The van der Waals surface area contributed by atoms with Crippen LogP contribution in [0.2, 0.25) is 0 Å². The van der Waals surface area contributed by atoms with E-state index in [2.05, 4.69) is 15.3 Å². The molecule has 4 rings (SSSR count). The largest absolute Gasteiger partial charge is 0.444 e. The molecule has 1 aliphatic heterocycles. The van der Waals surface area contributed by atoms with E-state index in [1.54, 1.807) is 11.1 Å². The molecule has 0 saturated carbocycles. The molecule has 0 fully saturated rings. The van der Waals surface area contributed by atoms with Gasteiger partial charge in [-0.25, -0.2) is 14.8 Å². The van der Waals surface area contributed by atoms with E-state index in [9.17, 15) is 9.59 Å². The van der Waals surface area contributed by atoms with Crippen molar-refractivity contribution in [1.82, 2.24) is 19.3 Å². The molecule has 0 aromatic carbocycles. The highest BCUT2D eigenvalue weighted by Gasteiger charge is 2.28. The van der Waals surface area contributed by atoms with Crippen molar-refractivity contribution in [2.75, 3.05) is 11.9 Å². The highest BCUT2D eigenvalue weighted by Crippen LogP contribution is 2.29. The van der Waals surface area contributed by atoms with Crippen LogP contribution in [-0.2, 0) is 17.7 Å². The maximum Gasteiger partial charge on any atom is 0.410 e. The lowest BCUT2D eigenvalue weighted by molar-refractivity contribution is 0.0225. The predicted octanol–water partition coefficient (Wildman–Crippen LogP) is 3.64. The minimum absolute atomic E-state index is 0.303. The summed E-state index contributed by atoms with van der Waals surface area (Å²) in [4.78, 5) is 36.5. The van der Waals surface area contributed by atoms with Crippen LogP contribution in [0.3, 0.4) is 0 Å². The quantitative estimate of drug-likeness (QED) is 0.693. The van der Waals surface area contributed by atoms with Crippen molar-refractivity contribution in [2.24, 2.45) is 0 Å². The van der Waals surface area contributed by atoms with Crippen molar-refractivity contribution in [3.8, 4) is 0 Å². The summed E-state index contributed by atoms with van der Waals surface area (Å²) in [5.41, 5.74) is 2.44. The second-order valence-corrected chi connectivity index (χ2v) is 9.10. The number of aromatic nitrogens is 3. The summed E-state index contributed by atoms with van der Waals surface area (Å²) in [6, 6.07) is 5.73. The highest BCUT2D eigenvalue weighted by molar-refractivity contribution is 7.15. The number of carbonyl (C=O) groups excluding carboxylic acids is 2. The molecule has 0 bridgehead atoms. The normalized spacial score (nSPS) is 14.0. The number of nitrogens with zero attached hydrogens (tertiary/aromatic N) is 4. The maximum absolute atomic E-state index is 12.6.